The second-order valence-electron chi connectivity index (χ2n) is 10.6. The summed E-state index contributed by atoms with van der Waals surface area (Å²) in [5.74, 6) is 2.62. The topological polar surface area (TPSA) is 108 Å². The van der Waals surface area contributed by atoms with Gasteiger partial charge in [0.05, 0.1) is 27.9 Å². The molecule has 0 fully saturated rings. The fourth-order valence-electron chi connectivity index (χ4n) is 5.32. The van der Waals surface area contributed by atoms with Crippen molar-refractivity contribution < 1.29 is 33.6 Å². The van der Waals surface area contributed by atoms with Crippen molar-refractivity contribution in [2.24, 2.45) is 4.99 Å². The Kier molecular flexibility index (Phi) is 10.2. The smallest absolute Gasteiger partial charge is 0.252 e. The Balaban J connectivity index is 1.55. The van der Waals surface area contributed by atoms with Crippen LogP contribution >= 0.6 is 0 Å². The van der Waals surface area contributed by atoms with E-state index in [1.54, 1.807) is 27.4 Å². The molecule has 4 aromatic carbocycles. The van der Waals surface area contributed by atoms with Gasteiger partial charge in [-0.15, -0.1) is 0 Å². The highest BCUT2D eigenvalue weighted by atomic mass is 16.5. The van der Waals surface area contributed by atoms with Crippen LogP contribution in [0.1, 0.15) is 34.8 Å². The number of aliphatic hydroxyl groups is 1. The zero-order chi connectivity index (χ0) is 31.6. The number of amides is 1. The number of methoxy groups -OCH3 is 3. The number of ether oxygens (including phenoxy) is 5. The molecule has 2 atom stereocenters. The number of nitrogens with one attached hydrogen (secondary N) is 1. The van der Waals surface area contributed by atoms with Crippen LogP contribution in [-0.4, -0.2) is 57.0 Å². The van der Waals surface area contributed by atoms with Crippen LogP contribution in [0.15, 0.2) is 102 Å². The Morgan fingerprint density at radius 2 is 1.60 bits per heavy atom. The van der Waals surface area contributed by atoms with Crippen molar-refractivity contribution in [2.75, 3.05) is 34.5 Å². The third-order valence-corrected chi connectivity index (χ3v) is 7.68. The second kappa shape index (κ2) is 14.6. The van der Waals surface area contributed by atoms with Crippen LogP contribution in [0.5, 0.6) is 23.0 Å². The summed E-state index contributed by atoms with van der Waals surface area (Å²) in [6, 6.07) is 30.2. The van der Waals surface area contributed by atoms with Crippen LogP contribution in [0.4, 0.5) is 0 Å². The van der Waals surface area contributed by atoms with Crippen molar-refractivity contribution in [2.45, 2.75) is 31.0 Å². The average molecular weight is 611 g/mol. The molecule has 0 saturated carbocycles. The summed E-state index contributed by atoms with van der Waals surface area (Å²) in [5, 5.41) is 12.2. The van der Waals surface area contributed by atoms with Gasteiger partial charge in [-0.25, -0.2) is 4.99 Å². The molecular formula is C36H38N2O7. The van der Waals surface area contributed by atoms with E-state index in [1.165, 1.54) is 0 Å². The molecule has 2 N–H and O–H groups in total. The number of aliphatic hydroxyl groups excluding tert-OH is 1. The molecule has 9 heteroatoms. The predicted octanol–water partition coefficient (Wildman–Crippen LogP) is 5.29. The molecule has 5 rings (SSSR count). The van der Waals surface area contributed by atoms with E-state index < -0.39 is 11.6 Å². The molecule has 0 saturated heterocycles. The number of aliphatic imine (C=N–C) groups is 1. The van der Waals surface area contributed by atoms with E-state index in [9.17, 15) is 4.79 Å². The lowest BCUT2D eigenvalue weighted by Crippen LogP contribution is -2.49. The van der Waals surface area contributed by atoms with Gasteiger partial charge in [0.1, 0.15) is 23.0 Å². The first-order chi connectivity index (χ1) is 22.0. The van der Waals surface area contributed by atoms with E-state index in [2.05, 4.69) is 5.32 Å². The molecule has 0 spiro atoms. The van der Waals surface area contributed by atoms with E-state index in [0.29, 0.717) is 47.5 Å². The lowest BCUT2D eigenvalue weighted by molar-refractivity contribution is -0.129. The molecule has 9 nitrogen and oxygen atoms in total. The lowest BCUT2D eigenvalue weighted by Gasteiger charge is -2.31. The van der Waals surface area contributed by atoms with E-state index in [-0.39, 0.29) is 25.5 Å². The fourth-order valence-corrected chi connectivity index (χ4v) is 5.32. The number of hydrogen-bond donors (Lipinski definition) is 2. The van der Waals surface area contributed by atoms with E-state index in [4.69, 9.17) is 33.8 Å². The maximum absolute atomic E-state index is 14.5. The Morgan fingerprint density at radius 3 is 2.31 bits per heavy atom. The third-order valence-electron chi connectivity index (χ3n) is 7.68. The van der Waals surface area contributed by atoms with Crippen LogP contribution in [0.3, 0.4) is 0 Å². The Morgan fingerprint density at radius 1 is 0.867 bits per heavy atom. The van der Waals surface area contributed by atoms with E-state index in [0.717, 1.165) is 16.7 Å². The van der Waals surface area contributed by atoms with Crippen LogP contribution in [0.2, 0.25) is 0 Å². The monoisotopic (exact) mass is 610 g/mol. The van der Waals surface area contributed by atoms with Crippen LogP contribution in [0, 0.1) is 0 Å². The summed E-state index contributed by atoms with van der Waals surface area (Å²) in [5.41, 5.74) is 1.82. The van der Waals surface area contributed by atoms with Gasteiger partial charge in [-0.1, -0.05) is 42.5 Å². The highest BCUT2D eigenvalue weighted by molar-refractivity contribution is 6.01. The van der Waals surface area contributed by atoms with Gasteiger partial charge >= 0.3 is 0 Å². The molecule has 0 aliphatic carbocycles. The molecule has 0 aromatic heterocycles. The standard InChI is InChI=1S/C36H38N2O7/c1-41-30-12-7-11-27(21-30)33-36(23-25-9-5-4-6-10-25,35(40)37-24-28-15-18-31(42-2)22-32(28)43-3)38-34(45-33)26-13-16-29(17-14-26)44-20-8-19-39/h4-7,9-18,21-22,33,39H,8,19-20,23-24H2,1-3H3,(H,37,40)/t33-,36-/m1/s1. The summed E-state index contributed by atoms with van der Waals surface area (Å²) < 4.78 is 28.8. The number of rotatable bonds is 14. The van der Waals surface area contributed by atoms with Crippen molar-refractivity contribution in [3.8, 4) is 23.0 Å². The molecule has 1 aliphatic heterocycles. The summed E-state index contributed by atoms with van der Waals surface area (Å²) in [7, 11) is 4.78. The average Bonchev–Trinajstić information content (AvgIpc) is 3.48. The fraction of sp³-hybridized carbons (Fsp3) is 0.278. The van der Waals surface area contributed by atoms with E-state index in [1.807, 2.05) is 91.0 Å². The highest BCUT2D eigenvalue weighted by Gasteiger charge is 2.53. The molecule has 45 heavy (non-hydrogen) atoms. The minimum absolute atomic E-state index is 0.0607. The van der Waals surface area contributed by atoms with Crippen molar-refractivity contribution in [3.05, 3.63) is 119 Å². The minimum atomic E-state index is -1.36. The van der Waals surface area contributed by atoms with Gasteiger partial charge in [-0.2, -0.15) is 0 Å². The first-order valence-electron chi connectivity index (χ1n) is 14.8. The van der Waals surface area contributed by atoms with Crippen LogP contribution in [-0.2, 0) is 22.5 Å². The Hall–Kier alpha value is -5.02. The molecule has 1 aliphatic rings. The molecule has 234 valence electrons. The quantitative estimate of drug-likeness (QED) is 0.187. The summed E-state index contributed by atoms with van der Waals surface area (Å²) in [6.45, 7) is 0.674. The number of hydrogen-bond acceptors (Lipinski definition) is 8. The van der Waals surface area contributed by atoms with Gasteiger partial charge in [0.15, 0.2) is 11.6 Å². The number of nitrogens with zero attached hydrogens (tertiary/aromatic N) is 1. The molecule has 0 bridgehead atoms. The second-order valence-corrected chi connectivity index (χ2v) is 10.6. The normalized spacial score (nSPS) is 17.2. The number of benzene rings is 4. The minimum Gasteiger partial charge on any atom is -0.497 e. The van der Waals surface area contributed by atoms with Crippen LogP contribution in [0.25, 0.3) is 0 Å². The molecule has 4 aromatic rings. The van der Waals surface area contributed by atoms with Crippen molar-refractivity contribution >= 4 is 11.8 Å². The third kappa shape index (κ3) is 7.21. The van der Waals surface area contributed by atoms with Crippen LogP contribution < -0.4 is 24.3 Å². The zero-order valence-electron chi connectivity index (χ0n) is 25.7. The number of carbonyl (C=O) groups is 1. The Labute approximate surface area is 263 Å². The largest absolute Gasteiger partial charge is 0.497 e. The van der Waals surface area contributed by atoms with Gasteiger partial charge in [0.25, 0.3) is 5.91 Å². The molecule has 0 unspecified atom stereocenters. The molecule has 0 radical (unpaired) electrons. The number of carbonyl (C=O) groups excluding carboxylic acids is 1. The zero-order valence-corrected chi connectivity index (χ0v) is 25.7. The molecule has 1 heterocycles. The first-order valence-corrected chi connectivity index (χ1v) is 14.8. The molecule has 1 amide bonds. The van der Waals surface area contributed by atoms with E-state index >= 15 is 0 Å². The van der Waals surface area contributed by atoms with Gasteiger partial charge < -0.3 is 34.1 Å². The summed E-state index contributed by atoms with van der Waals surface area (Å²) in [4.78, 5) is 19.7. The van der Waals surface area contributed by atoms with Gasteiger partial charge in [-0.3, -0.25) is 4.79 Å². The maximum atomic E-state index is 14.5. The van der Waals surface area contributed by atoms with Crippen molar-refractivity contribution in [1.82, 2.24) is 5.32 Å². The maximum Gasteiger partial charge on any atom is 0.252 e. The molecular weight excluding hydrogens is 572 g/mol. The Bertz CT molecular complexity index is 1610. The summed E-state index contributed by atoms with van der Waals surface area (Å²) >= 11 is 0. The van der Waals surface area contributed by atoms with Gasteiger partial charge in [0, 0.05) is 43.2 Å². The predicted molar refractivity (Wildman–Crippen MR) is 171 cm³/mol. The summed E-state index contributed by atoms with van der Waals surface area (Å²) in [6.07, 6.45) is 0.0629. The highest BCUT2D eigenvalue weighted by Crippen LogP contribution is 2.43. The van der Waals surface area contributed by atoms with Gasteiger partial charge in [0.2, 0.25) is 5.90 Å². The van der Waals surface area contributed by atoms with Crippen molar-refractivity contribution in [3.63, 3.8) is 0 Å². The lowest BCUT2D eigenvalue weighted by atomic mass is 9.82. The van der Waals surface area contributed by atoms with Crippen molar-refractivity contribution in [1.29, 1.82) is 0 Å². The SMILES string of the molecule is COc1cccc([C@H]2OC(c3ccc(OCCCO)cc3)=N[C@@]2(Cc2ccccc2)C(=O)NCc2ccc(OC)cc2OC)c1. The first kappa shape index (κ1) is 31.4. The van der Waals surface area contributed by atoms with Gasteiger partial charge in [-0.05, 0) is 59.7 Å².